The molecule has 0 aromatic carbocycles. The molecule has 5 aliphatic rings. The van der Waals surface area contributed by atoms with Gasteiger partial charge in [0, 0.05) is 13.5 Å². The van der Waals surface area contributed by atoms with E-state index < -0.39 is 5.54 Å². The van der Waals surface area contributed by atoms with E-state index in [4.69, 9.17) is 0 Å². The molecule has 220 valence electrons. The van der Waals surface area contributed by atoms with Crippen molar-refractivity contribution < 1.29 is 14.7 Å². The molecule has 6 heteroatoms. The van der Waals surface area contributed by atoms with E-state index in [-0.39, 0.29) is 45.4 Å². The lowest BCUT2D eigenvalue weighted by molar-refractivity contribution is -0.226. The SMILES string of the molecule is CC(C)C1=C2[C@H]3CC[C@@H]4[C@@]5(C)CC[C@H](O)C(C)(C)[C@@H]5CC[C@@]4(C)[C@]3(C)CC[C@@]2(NC(=O)c2cncn2C)CC1=O. The maximum atomic E-state index is 13.8. The molecule has 1 amide bonds. The summed E-state index contributed by atoms with van der Waals surface area (Å²) in [5.74, 6) is 1.66. The second kappa shape index (κ2) is 8.78. The Morgan fingerprint density at radius 1 is 1.00 bits per heavy atom. The first-order valence-corrected chi connectivity index (χ1v) is 15.9. The van der Waals surface area contributed by atoms with Gasteiger partial charge in [-0.05, 0) is 108 Å². The van der Waals surface area contributed by atoms with Crippen LogP contribution in [0.4, 0.5) is 0 Å². The molecule has 0 unspecified atom stereocenters. The van der Waals surface area contributed by atoms with Crippen molar-refractivity contribution in [2.24, 2.45) is 52.4 Å². The smallest absolute Gasteiger partial charge is 0.270 e. The van der Waals surface area contributed by atoms with E-state index in [1.165, 1.54) is 12.0 Å². The molecule has 40 heavy (non-hydrogen) atoms. The molecule has 4 saturated carbocycles. The second-order valence-corrected chi connectivity index (χ2v) is 16.0. The van der Waals surface area contributed by atoms with Crippen LogP contribution in [-0.2, 0) is 11.8 Å². The van der Waals surface area contributed by atoms with Crippen molar-refractivity contribution in [3.63, 3.8) is 0 Å². The Bertz CT molecular complexity index is 1280. The molecule has 4 fully saturated rings. The van der Waals surface area contributed by atoms with E-state index in [1.807, 2.05) is 7.05 Å². The minimum Gasteiger partial charge on any atom is -0.393 e. The molecule has 6 nitrogen and oxygen atoms in total. The molecule has 1 aromatic heterocycles. The van der Waals surface area contributed by atoms with Crippen LogP contribution in [0.2, 0.25) is 0 Å². The molecule has 0 radical (unpaired) electrons. The van der Waals surface area contributed by atoms with Crippen LogP contribution in [0.3, 0.4) is 0 Å². The number of ketones is 1. The van der Waals surface area contributed by atoms with Crippen molar-refractivity contribution in [3.05, 3.63) is 29.4 Å². The molecule has 1 heterocycles. The van der Waals surface area contributed by atoms with Crippen LogP contribution < -0.4 is 5.32 Å². The molecular weight excluding hydrogens is 498 g/mol. The topological polar surface area (TPSA) is 84.2 Å². The molecule has 0 saturated heterocycles. The Labute approximate surface area is 240 Å². The maximum Gasteiger partial charge on any atom is 0.270 e. The van der Waals surface area contributed by atoms with Gasteiger partial charge < -0.3 is 15.0 Å². The van der Waals surface area contributed by atoms with Gasteiger partial charge in [-0.1, -0.05) is 48.5 Å². The first-order valence-electron chi connectivity index (χ1n) is 15.9. The lowest BCUT2D eigenvalue weighted by atomic mass is 9.33. The summed E-state index contributed by atoms with van der Waals surface area (Å²) >= 11 is 0. The number of aromatic nitrogens is 2. The minimum absolute atomic E-state index is 0.0604. The number of aliphatic hydroxyl groups is 1. The van der Waals surface area contributed by atoms with Gasteiger partial charge in [0.2, 0.25) is 0 Å². The average Bonchev–Trinajstić information content (AvgIpc) is 3.42. The molecular formula is C34H51N3O3. The quantitative estimate of drug-likeness (QED) is 0.467. The highest BCUT2D eigenvalue weighted by Crippen LogP contribution is 2.75. The van der Waals surface area contributed by atoms with Gasteiger partial charge in [-0.25, -0.2) is 4.98 Å². The molecule has 0 bridgehead atoms. The van der Waals surface area contributed by atoms with E-state index >= 15 is 0 Å². The van der Waals surface area contributed by atoms with Crippen LogP contribution in [0.5, 0.6) is 0 Å². The number of aliphatic hydroxyl groups excluding tert-OH is 1. The number of carbonyl (C=O) groups is 2. The fourth-order valence-corrected chi connectivity index (χ4v) is 11.6. The molecule has 1 aromatic rings. The van der Waals surface area contributed by atoms with E-state index in [2.05, 4.69) is 58.8 Å². The minimum atomic E-state index is -0.594. The molecule has 5 aliphatic carbocycles. The number of allylic oxidation sites excluding steroid dienone is 1. The summed E-state index contributed by atoms with van der Waals surface area (Å²) in [7, 11) is 1.85. The number of hydrogen-bond acceptors (Lipinski definition) is 4. The van der Waals surface area contributed by atoms with Crippen molar-refractivity contribution >= 4 is 11.7 Å². The van der Waals surface area contributed by atoms with Crippen molar-refractivity contribution in [1.82, 2.24) is 14.9 Å². The van der Waals surface area contributed by atoms with Gasteiger partial charge >= 0.3 is 0 Å². The third-order valence-electron chi connectivity index (χ3n) is 13.8. The van der Waals surface area contributed by atoms with Crippen LogP contribution in [0.1, 0.15) is 117 Å². The van der Waals surface area contributed by atoms with E-state index in [0.29, 0.717) is 29.9 Å². The van der Waals surface area contributed by atoms with Crippen molar-refractivity contribution in [2.75, 3.05) is 0 Å². The van der Waals surface area contributed by atoms with Crippen LogP contribution >= 0.6 is 0 Å². The number of amides is 1. The summed E-state index contributed by atoms with van der Waals surface area (Å²) in [4.78, 5) is 31.5. The van der Waals surface area contributed by atoms with E-state index in [9.17, 15) is 14.7 Å². The fourth-order valence-electron chi connectivity index (χ4n) is 11.6. The van der Waals surface area contributed by atoms with Crippen molar-refractivity contribution in [1.29, 1.82) is 0 Å². The van der Waals surface area contributed by atoms with Gasteiger partial charge in [0.25, 0.3) is 5.91 Å². The monoisotopic (exact) mass is 549 g/mol. The Morgan fingerprint density at radius 3 is 2.38 bits per heavy atom. The molecule has 6 rings (SSSR count). The predicted molar refractivity (Wildman–Crippen MR) is 156 cm³/mol. The van der Waals surface area contributed by atoms with Gasteiger partial charge in [-0.15, -0.1) is 0 Å². The zero-order valence-electron chi connectivity index (χ0n) is 26.1. The summed E-state index contributed by atoms with van der Waals surface area (Å²) in [5, 5.41) is 14.5. The Morgan fingerprint density at radius 2 is 1.73 bits per heavy atom. The van der Waals surface area contributed by atoms with E-state index in [1.54, 1.807) is 17.1 Å². The Hall–Kier alpha value is -1.95. The number of Topliss-reactive ketones (excluding diaryl/α,β-unsaturated/α-hetero) is 1. The summed E-state index contributed by atoms with van der Waals surface area (Å²) in [6, 6.07) is 0. The molecule has 0 spiro atoms. The van der Waals surface area contributed by atoms with Crippen LogP contribution in [0, 0.1) is 45.3 Å². The highest BCUT2D eigenvalue weighted by molar-refractivity contribution is 6.03. The number of nitrogens with one attached hydrogen (secondary N) is 1. The lowest BCUT2D eigenvalue weighted by Crippen LogP contribution is -2.67. The van der Waals surface area contributed by atoms with Crippen LogP contribution in [0.15, 0.2) is 23.7 Å². The van der Waals surface area contributed by atoms with Crippen LogP contribution in [0.25, 0.3) is 0 Å². The lowest BCUT2D eigenvalue weighted by Gasteiger charge is -2.72. The third kappa shape index (κ3) is 3.47. The molecule has 8 atom stereocenters. The second-order valence-electron chi connectivity index (χ2n) is 16.0. The van der Waals surface area contributed by atoms with Gasteiger partial charge in [0.1, 0.15) is 5.69 Å². The Kier molecular flexibility index (Phi) is 6.19. The van der Waals surface area contributed by atoms with Crippen molar-refractivity contribution in [2.45, 2.75) is 118 Å². The number of imidazole rings is 1. The standard InChI is InChI=1S/C34H51N3O3/c1-20(2)27-23(38)17-34(36-29(40)22-18-35-19-37(22)8)16-15-32(6)21(28(27)34)9-10-25-31(5)13-12-26(39)30(3,4)24(31)11-14-33(25,32)7/h18-21,24-26,39H,9-17H2,1-8H3,(H,36,40)/t21-,24+,25-,26+,31+,32-,33-,34-/m1/s1. The normalized spacial score (nSPS) is 44.1. The van der Waals surface area contributed by atoms with Crippen molar-refractivity contribution in [3.8, 4) is 0 Å². The summed E-state index contributed by atoms with van der Waals surface area (Å²) in [5.41, 5.74) is 2.57. The van der Waals surface area contributed by atoms with Crippen LogP contribution in [-0.4, -0.2) is 38.0 Å². The molecule has 2 N–H and O–H groups in total. The largest absolute Gasteiger partial charge is 0.393 e. The predicted octanol–water partition coefficient (Wildman–Crippen LogP) is 6.24. The number of carbonyl (C=O) groups excluding carboxylic acids is 2. The Balaban J connectivity index is 1.42. The average molecular weight is 550 g/mol. The third-order valence-corrected chi connectivity index (χ3v) is 13.8. The van der Waals surface area contributed by atoms with Gasteiger partial charge in [-0.2, -0.15) is 0 Å². The van der Waals surface area contributed by atoms with Gasteiger partial charge in [0.05, 0.1) is 24.2 Å². The number of aryl methyl sites for hydroxylation is 1. The van der Waals surface area contributed by atoms with Gasteiger partial charge in [-0.3, -0.25) is 9.59 Å². The van der Waals surface area contributed by atoms with E-state index in [0.717, 1.165) is 50.5 Å². The van der Waals surface area contributed by atoms with Gasteiger partial charge in [0.15, 0.2) is 5.78 Å². The molecule has 0 aliphatic heterocycles. The first kappa shape index (κ1) is 28.2. The highest BCUT2D eigenvalue weighted by Gasteiger charge is 2.70. The number of rotatable bonds is 3. The summed E-state index contributed by atoms with van der Waals surface area (Å²) in [6.07, 6.45) is 11.8. The maximum absolute atomic E-state index is 13.8. The summed E-state index contributed by atoms with van der Waals surface area (Å²) < 4.78 is 1.76. The first-order chi connectivity index (χ1) is 18.6. The fraction of sp³-hybridized carbons (Fsp3) is 0.794. The summed E-state index contributed by atoms with van der Waals surface area (Å²) in [6.45, 7) is 16.6. The number of nitrogens with zero attached hydrogens (tertiary/aromatic N) is 2. The highest BCUT2D eigenvalue weighted by atomic mass is 16.3. The zero-order valence-corrected chi connectivity index (χ0v) is 26.1. The number of fused-ring (bicyclic) bond motifs is 7. The number of hydrogen-bond donors (Lipinski definition) is 2. The zero-order chi connectivity index (χ0) is 29.0.